The van der Waals surface area contributed by atoms with E-state index in [0.717, 1.165) is 45.8 Å². The monoisotopic (exact) mass is 281 g/mol. The summed E-state index contributed by atoms with van der Waals surface area (Å²) >= 11 is 0. The van der Waals surface area contributed by atoms with Gasteiger partial charge in [0.15, 0.2) is 0 Å². The zero-order valence-corrected chi connectivity index (χ0v) is 13.6. The topological polar surface area (TPSA) is 26.8 Å². The van der Waals surface area contributed by atoms with Gasteiger partial charge in [0.2, 0.25) is 5.91 Å². The fourth-order valence-electron chi connectivity index (χ4n) is 3.73. The van der Waals surface area contributed by atoms with Crippen LogP contribution in [-0.4, -0.2) is 72.5 Å². The van der Waals surface area contributed by atoms with Gasteiger partial charge in [-0.2, -0.15) is 0 Å². The Morgan fingerprint density at radius 2 is 1.65 bits per heavy atom. The van der Waals surface area contributed by atoms with Crippen molar-refractivity contribution in [1.82, 2.24) is 14.7 Å². The fraction of sp³-hybridized carbons (Fsp3) is 0.938. The lowest BCUT2D eigenvalue weighted by Gasteiger charge is -2.41. The molecule has 0 aliphatic carbocycles. The number of carbonyl (C=O) groups excluding carboxylic acids is 1. The van der Waals surface area contributed by atoms with Crippen molar-refractivity contribution in [3.05, 3.63) is 0 Å². The van der Waals surface area contributed by atoms with Gasteiger partial charge in [-0.1, -0.05) is 20.8 Å². The quantitative estimate of drug-likeness (QED) is 0.785. The Hall–Kier alpha value is -0.610. The maximum absolute atomic E-state index is 12.7. The molecule has 0 aromatic rings. The third-order valence-corrected chi connectivity index (χ3v) is 4.94. The molecule has 2 aliphatic heterocycles. The summed E-state index contributed by atoms with van der Waals surface area (Å²) in [5, 5.41) is 0. The van der Waals surface area contributed by atoms with E-state index in [4.69, 9.17) is 0 Å². The van der Waals surface area contributed by atoms with Crippen molar-refractivity contribution in [2.45, 2.75) is 40.2 Å². The third kappa shape index (κ3) is 3.73. The number of likely N-dealkylation sites (tertiary alicyclic amines) is 1. The lowest BCUT2D eigenvalue weighted by atomic mass is 9.91. The van der Waals surface area contributed by atoms with Crippen LogP contribution in [0.4, 0.5) is 0 Å². The molecule has 1 amide bonds. The van der Waals surface area contributed by atoms with Crippen LogP contribution in [0.2, 0.25) is 0 Å². The van der Waals surface area contributed by atoms with Crippen LogP contribution in [0.5, 0.6) is 0 Å². The van der Waals surface area contributed by atoms with E-state index in [9.17, 15) is 4.79 Å². The Labute approximate surface area is 124 Å². The number of carbonyl (C=O) groups is 1. The van der Waals surface area contributed by atoms with E-state index < -0.39 is 0 Å². The van der Waals surface area contributed by atoms with E-state index in [-0.39, 0.29) is 6.04 Å². The molecule has 0 radical (unpaired) electrons. The van der Waals surface area contributed by atoms with Crippen LogP contribution >= 0.6 is 0 Å². The van der Waals surface area contributed by atoms with E-state index in [1.165, 1.54) is 6.42 Å². The summed E-state index contributed by atoms with van der Waals surface area (Å²) in [7, 11) is 0. The van der Waals surface area contributed by atoms with E-state index in [1.54, 1.807) is 0 Å². The van der Waals surface area contributed by atoms with E-state index in [2.05, 4.69) is 42.4 Å². The molecule has 0 aromatic carbocycles. The largest absolute Gasteiger partial charge is 0.341 e. The molecule has 0 N–H and O–H groups in total. The molecule has 116 valence electrons. The normalized spacial score (nSPS) is 31.3. The second-order valence-electron chi connectivity index (χ2n) is 6.84. The van der Waals surface area contributed by atoms with Gasteiger partial charge >= 0.3 is 0 Å². The predicted molar refractivity (Wildman–Crippen MR) is 82.7 cm³/mol. The Bertz CT molecular complexity index is 316. The summed E-state index contributed by atoms with van der Waals surface area (Å²) in [6, 6.07) is 0.0477. The highest BCUT2D eigenvalue weighted by Gasteiger charge is 2.31. The van der Waals surface area contributed by atoms with Crippen molar-refractivity contribution in [2.24, 2.45) is 11.8 Å². The molecule has 0 saturated carbocycles. The summed E-state index contributed by atoms with van der Waals surface area (Å²) in [5.74, 6) is 1.63. The van der Waals surface area contributed by atoms with Crippen LogP contribution in [0.1, 0.15) is 34.1 Å². The Balaban J connectivity index is 1.88. The lowest BCUT2D eigenvalue weighted by molar-refractivity contribution is -0.139. The van der Waals surface area contributed by atoms with Crippen LogP contribution in [0.25, 0.3) is 0 Å². The van der Waals surface area contributed by atoms with Gasteiger partial charge in [0.25, 0.3) is 0 Å². The highest BCUT2D eigenvalue weighted by molar-refractivity contribution is 5.81. The summed E-state index contributed by atoms with van der Waals surface area (Å²) in [4.78, 5) is 19.6. The van der Waals surface area contributed by atoms with Crippen molar-refractivity contribution < 1.29 is 4.79 Å². The van der Waals surface area contributed by atoms with Gasteiger partial charge in [0.1, 0.15) is 0 Å². The number of amides is 1. The van der Waals surface area contributed by atoms with Crippen molar-refractivity contribution in [3.63, 3.8) is 0 Å². The number of piperazine rings is 1. The number of hydrogen-bond donors (Lipinski definition) is 0. The molecule has 0 aromatic heterocycles. The highest BCUT2D eigenvalue weighted by Crippen LogP contribution is 2.22. The smallest absolute Gasteiger partial charge is 0.239 e. The van der Waals surface area contributed by atoms with Gasteiger partial charge in [-0.15, -0.1) is 0 Å². The van der Waals surface area contributed by atoms with Crippen molar-refractivity contribution in [1.29, 1.82) is 0 Å². The lowest BCUT2D eigenvalue weighted by Crippen LogP contribution is -2.56. The van der Waals surface area contributed by atoms with Crippen LogP contribution in [0.3, 0.4) is 0 Å². The first kappa shape index (κ1) is 15.8. The molecule has 0 bridgehead atoms. The van der Waals surface area contributed by atoms with Crippen molar-refractivity contribution in [3.8, 4) is 0 Å². The maximum Gasteiger partial charge on any atom is 0.239 e. The molecule has 2 heterocycles. The van der Waals surface area contributed by atoms with Crippen molar-refractivity contribution >= 4 is 5.91 Å². The Morgan fingerprint density at radius 3 is 2.15 bits per heavy atom. The summed E-state index contributed by atoms with van der Waals surface area (Å²) in [6.45, 7) is 16.1. The zero-order chi connectivity index (χ0) is 14.7. The number of likely N-dealkylation sites (N-methyl/N-ethyl adjacent to an activating group) is 1. The molecule has 4 heteroatoms. The summed E-state index contributed by atoms with van der Waals surface area (Å²) in [6.07, 6.45) is 1.26. The first-order chi connectivity index (χ1) is 9.51. The Morgan fingerprint density at radius 1 is 1.10 bits per heavy atom. The van der Waals surface area contributed by atoms with Crippen LogP contribution in [-0.2, 0) is 4.79 Å². The molecule has 2 rings (SSSR count). The summed E-state index contributed by atoms with van der Waals surface area (Å²) < 4.78 is 0. The number of nitrogens with zero attached hydrogens (tertiary/aromatic N) is 3. The fourth-order valence-corrected chi connectivity index (χ4v) is 3.73. The van der Waals surface area contributed by atoms with Crippen LogP contribution in [0, 0.1) is 11.8 Å². The van der Waals surface area contributed by atoms with E-state index in [1.807, 2.05) is 0 Å². The first-order valence-corrected chi connectivity index (χ1v) is 8.26. The molecule has 2 fully saturated rings. The van der Waals surface area contributed by atoms with E-state index in [0.29, 0.717) is 17.7 Å². The second kappa shape index (κ2) is 6.90. The van der Waals surface area contributed by atoms with Crippen LogP contribution < -0.4 is 0 Å². The van der Waals surface area contributed by atoms with Gasteiger partial charge in [-0.3, -0.25) is 9.69 Å². The molecule has 2 saturated heterocycles. The minimum Gasteiger partial charge on any atom is -0.341 e. The average Bonchev–Trinajstić information content (AvgIpc) is 2.45. The van der Waals surface area contributed by atoms with Gasteiger partial charge < -0.3 is 9.80 Å². The molecular formula is C16H31N3O. The molecule has 0 spiro atoms. The number of rotatable bonds is 3. The first-order valence-electron chi connectivity index (χ1n) is 8.26. The third-order valence-electron chi connectivity index (χ3n) is 4.94. The molecule has 20 heavy (non-hydrogen) atoms. The molecule has 4 nitrogen and oxygen atoms in total. The van der Waals surface area contributed by atoms with E-state index >= 15 is 0 Å². The van der Waals surface area contributed by atoms with Gasteiger partial charge in [-0.05, 0) is 31.7 Å². The summed E-state index contributed by atoms with van der Waals surface area (Å²) in [5.41, 5.74) is 0. The minimum atomic E-state index is 0.0477. The molecular weight excluding hydrogens is 250 g/mol. The predicted octanol–water partition coefficient (Wildman–Crippen LogP) is 1.52. The van der Waals surface area contributed by atoms with Gasteiger partial charge in [-0.25, -0.2) is 0 Å². The molecule has 2 aliphatic rings. The second-order valence-corrected chi connectivity index (χ2v) is 6.84. The SMILES string of the molecule is CCN1CCN(C(C)C(=O)N2CC(C)CC(C)C2)CC1. The van der Waals surface area contributed by atoms with Crippen LogP contribution in [0.15, 0.2) is 0 Å². The minimum absolute atomic E-state index is 0.0477. The zero-order valence-electron chi connectivity index (χ0n) is 13.6. The van der Waals surface area contributed by atoms with Gasteiger partial charge in [0, 0.05) is 39.3 Å². The number of piperidine rings is 1. The maximum atomic E-state index is 12.7. The van der Waals surface area contributed by atoms with Crippen molar-refractivity contribution in [2.75, 3.05) is 45.8 Å². The molecule has 3 atom stereocenters. The highest BCUT2D eigenvalue weighted by atomic mass is 16.2. The van der Waals surface area contributed by atoms with Gasteiger partial charge in [0.05, 0.1) is 6.04 Å². The molecule has 3 unspecified atom stereocenters. The number of hydrogen-bond acceptors (Lipinski definition) is 3. The Kier molecular flexibility index (Phi) is 5.44. The average molecular weight is 281 g/mol. The standard InChI is InChI=1S/C16H31N3O/c1-5-17-6-8-18(9-7-17)15(4)16(20)19-11-13(2)10-14(3)12-19/h13-15H,5-12H2,1-4H3.